The van der Waals surface area contributed by atoms with Gasteiger partial charge in [0, 0.05) is 0 Å². The molecule has 0 spiro atoms. The van der Waals surface area contributed by atoms with Gasteiger partial charge in [-0.2, -0.15) is 0 Å². The van der Waals surface area contributed by atoms with Crippen LogP contribution in [0.1, 0.15) is 32.3 Å². The topological polar surface area (TPSA) is 9.23 Å². The Kier molecular flexibility index (Phi) is 4.16. The van der Waals surface area contributed by atoms with Gasteiger partial charge in [-0.05, 0) is 29.7 Å². The summed E-state index contributed by atoms with van der Waals surface area (Å²) >= 11 is 0. The number of ether oxygens (including phenoxy) is 1. The Morgan fingerprint density at radius 3 is 2.65 bits per heavy atom. The van der Waals surface area contributed by atoms with Crippen molar-refractivity contribution < 1.29 is 4.74 Å². The molecule has 2 aromatic carbocycles. The highest BCUT2D eigenvalue weighted by atomic mass is 16.5. The van der Waals surface area contributed by atoms with Crippen molar-refractivity contribution >= 4 is 10.8 Å². The minimum absolute atomic E-state index is 0.346. The van der Waals surface area contributed by atoms with Gasteiger partial charge >= 0.3 is 0 Å². The van der Waals surface area contributed by atoms with Crippen molar-refractivity contribution in [2.24, 2.45) is 0 Å². The van der Waals surface area contributed by atoms with Gasteiger partial charge in [0.25, 0.3) is 0 Å². The molecule has 90 valence electrons. The minimum Gasteiger partial charge on any atom is -0.374 e. The van der Waals surface area contributed by atoms with Crippen molar-refractivity contribution in [3.05, 3.63) is 48.0 Å². The molecule has 0 saturated carbocycles. The Bertz CT molecular complexity index is 470. The molecule has 2 rings (SSSR count). The predicted octanol–water partition coefficient (Wildman–Crippen LogP) is 4.55. The lowest BCUT2D eigenvalue weighted by atomic mass is 10.1. The van der Waals surface area contributed by atoms with Crippen LogP contribution < -0.4 is 0 Å². The van der Waals surface area contributed by atoms with Crippen LogP contribution in [0.25, 0.3) is 10.8 Å². The van der Waals surface area contributed by atoms with Gasteiger partial charge in [-0.25, -0.2) is 0 Å². The standard InChI is InChI=1S/C16H20O/c1-3-7-13(2)17-12-15-10-6-9-14-8-4-5-11-16(14)15/h4-6,8-11,13H,3,7,12H2,1-2H3. The zero-order valence-corrected chi connectivity index (χ0v) is 10.6. The summed E-state index contributed by atoms with van der Waals surface area (Å²) in [6.45, 7) is 5.05. The third-order valence-corrected chi connectivity index (χ3v) is 3.10. The quantitative estimate of drug-likeness (QED) is 0.729. The molecule has 0 bridgehead atoms. The van der Waals surface area contributed by atoms with Gasteiger partial charge in [-0.3, -0.25) is 0 Å². The van der Waals surface area contributed by atoms with E-state index in [0.29, 0.717) is 12.7 Å². The van der Waals surface area contributed by atoms with Crippen LogP contribution in [0.3, 0.4) is 0 Å². The van der Waals surface area contributed by atoms with E-state index in [1.165, 1.54) is 22.8 Å². The van der Waals surface area contributed by atoms with E-state index in [1.807, 2.05) is 0 Å². The fourth-order valence-electron chi connectivity index (χ4n) is 2.14. The normalized spacial score (nSPS) is 12.8. The monoisotopic (exact) mass is 228 g/mol. The summed E-state index contributed by atoms with van der Waals surface area (Å²) in [5, 5.41) is 2.59. The fourth-order valence-corrected chi connectivity index (χ4v) is 2.14. The minimum atomic E-state index is 0.346. The molecule has 0 heterocycles. The first-order valence-electron chi connectivity index (χ1n) is 6.39. The highest BCUT2D eigenvalue weighted by Gasteiger charge is 2.04. The molecular formula is C16H20O. The third kappa shape index (κ3) is 3.07. The number of fused-ring (bicyclic) bond motifs is 1. The fraction of sp³-hybridized carbons (Fsp3) is 0.375. The highest BCUT2D eigenvalue weighted by Crippen LogP contribution is 2.19. The summed E-state index contributed by atoms with van der Waals surface area (Å²) in [6, 6.07) is 14.9. The molecule has 1 heteroatoms. The smallest absolute Gasteiger partial charge is 0.0726 e. The molecule has 0 aliphatic carbocycles. The number of hydrogen-bond donors (Lipinski definition) is 0. The summed E-state index contributed by atoms with van der Waals surface area (Å²) in [4.78, 5) is 0. The lowest BCUT2D eigenvalue weighted by Gasteiger charge is -2.13. The first-order valence-corrected chi connectivity index (χ1v) is 6.39. The first-order chi connectivity index (χ1) is 8.31. The maximum atomic E-state index is 5.88. The van der Waals surface area contributed by atoms with Crippen LogP contribution in [0.5, 0.6) is 0 Å². The molecule has 0 radical (unpaired) electrons. The summed E-state index contributed by atoms with van der Waals surface area (Å²) in [7, 11) is 0. The molecule has 17 heavy (non-hydrogen) atoms. The van der Waals surface area contributed by atoms with Crippen LogP contribution in [0.15, 0.2) is 42.5 Å². The van der Waals surface area contributed by atoms with Gasteiger partial charge < -0.3 is 4.74 Å². The van der Waals surface area contributed by atoms with Crippen LogP contribution in [0.4, 0.5) is 0 Å². The van der Waals surface area contributed by atoms with Crippen LogP contribution in [0.2, 0.25) is 0 Å². The van der Waals surface area contributed by atoms with Crippen molar-refractivity contribution in [3.8, 4) is 0 Å². The molecular weight excluding hydrogens is 208 g/mol. The number of rotatable bonds is 5. The van der Waals surface area contributed by atoms with Gasteiger partial charge in [-0.15, -0.1) is 0 Å². The predicted molar refractivity (Wildman–Crippen MR) is 73.1 cm³/mol. The molecule has 0 amide bonds. The Balaban J connectivity index is 2.13. The van der Waals surface area contributed by atoms with Crippen LogP contribution in [-0.2, 0) is 11.3 Å². The second kappa shape index (κ2) is 5.83. The molecule has 1 nitrogen and oxygen atoms in total. The SMILES string of the molecule is CCCC(C)OCc1cccc2ccccc12. The molecule has 1 unspecified atom stereocenters. The maximum absolute atomic E-state index is 5.88. The lowest BCUT2D eigenvalue weighted by Crippen LogP contribution is -2.07. The second-order valence-corrected chi connectivity index (χ2v) is 4.55. The summed E-state index contributed by atoms with van der Waals surface area (Å²) in [6.07, 6.45) is 2.65. The van der Waals surface area contributed by atoms with E-state index < -0.39 is 0 Å². The third-order valence-electron chi connectivity index (χ3n) is 3.10. The molecule has 0 saturated heterocycles. The maximum Gasteiger partial charge on any atom is 0.0726 e. The number of hydrogen-bond acceptors (Lipinski definition) is 1. The van der Waals surface area contributed by atoms with Crippen LogP contribution in [-0.4, -0.2) is 6.10 Å². The van der Waals surface area contributed by atoms with Gasteiger partial charge in [0.15, 0.2) is 0 Å². The first kappa shape index (κ1) is 12.1. The molecule has 0 N–H and O–H groups in total. The molecule has 2 aromatic rings. The van der Waals surface area contributed by atoms with E-state index in [2.05, 4.69) is 56.3 Å². The van der Waals surface area contributed by atoms with Gasteiger partial charge in [0.2, 0.25) is 0 Å². The molecule has 0 aromatic heterocycles. The van der Waals surface area contributed by atoms with Crippen molar-refractivity contribution in [2.45, 2.75) is 39.4 Å². The Morgan fingerprint density at radius 1 is 1.06 bits per heavy atom. The van der Waals surface area contributed by atoms with Crippen molar-refractivity contribution in [1.82, 2.24) is 0 Å². The second-order valence-electron chi connectivity index (χ2n) is 4.55. The highest BCUT2D eigenvalue weighted by molar-refractivity contribution is 5.85. The lowest BCUT2D eigenvalue weighted by molar-refractivity contribution is 0.0478. The Hall–Kier alpha value is -1.34. The van der Waals surface area contributed by atoms with E-state index >= 15 is 0 Å². The van der Waals surface area contributed by atoms with Crippen LogP contribution in [0, 0.1) is 0 Å². The van der Waals surface area contributed by atoms with Gasteiger partial charge in [0.05, 0.1) is 12.7 Å². The van der Waals surface area contributed by atoms with Crippen molar-refractivity contribution in [2.75, 3.05) is 0 Å². The zero-order chi connectivity index (χ0) is 12.1. The molecule has 1 atom stereocenters. The molecule has 0 aliphatic rings. The Morgan fingerprint density at radius 2 is 1.82 bits per heavy atom. The van der Waals surface area contributed by atoms with Crippen molar-refractivity contribution in [3.63, 3.8) is 0 Å². The van der Waals surface area contributed by atoms with Gasteiger partial charge in [0.1, 0.15) is 0 Å². The zero-order valence-electron chi connectivity index (χ0n) is 10.6. The van der Waals surface area contributed by atoms with Crippen LogP contribution >= 0.6 is 0 Å². The summed E-state index contributed by atoms with van der Waals surface area (Å²) in [5.41, 5.74) is 1.28. The number of benzene rings is 2. The summed E-state index contributed by atoms with van der Waals surface area (Å²) in [5.74, 6) is 0. The largest absolute Gasteiger partial charge is 0.374 e. The molecule has 0 fully saturated rings. The Labute approximate surface area is 103 Å². The van der Waals surface area contributed by atoms with E-state index in [9.17, 15) is 0 Å². The average molecular weight is 228 g/mol. The van der Waals surface area contributed by atoms with Gasteiger partial charge in [-0.1, -0.05) is 55.8 Å². The van der Waals surface area contributed by atoms with E-state index in [4.69, 9.17) is 4.74 Å². The summed E-state index contributed by atoms with van der Waals surface area (Å²) < 4.78 is 5.88. The van der Waals surface area contributed by atoms with E-state index in [1.54, 1.807) is 0 Å². The average Bonchev–Trinajstić information content (AvgIpc) is 2.36. The van der Waals surface area contributed by atoms with E-state index in [-0.39, 0.29) is 0 Å². The van der Waals surface area contributed by atoms with E-state index in [0.717, 1.165) is 6.42 Å². The molecule has 0 aliphatic heterocycles. The van der Waals surface area contributed by atoms with Crippen molar-refractivity contribution in [1.29, 1.82) is 0 Å².